The van der Waals surface area contributed by atoms with E-state index in [9.17, 15) is 14.6 Å². The lowest BCUT2D eigenvalue weighted by molar-refractivity contribution is -0.233. The third-order valence-corrected chi connectivity index (χ3v) is 6.81. The maximum absolute atomic E-state index is 12.8. The molecule has 0 amide bonds. The van der Waals surface area contributed by atoms with Crippen molar-refractivity contribution in [2.45, 2.75) is 96.6 Å². The molecule has 182 valence electrons. The van der Waals surface area contributed by atoms with Crippen molar-refractivity contribution in [2.24, 2.45) is 17.6 Å². The van der Waals surface area contributed by atoms with Crippen LogP contribution in [0.3, 0.4) is 0 Å². The van der Waals surface area contributed by atoms with E-state index in [-0.39, 0.29) is 43.1 Å². The number of phosphoric ester groups is 1. The molecule has 0 aromatic carbocycles. The topological polar surface area (TPSA) is 133 Å². The highest BCUT2D eigenvalue weighted by atomic mass is 31.2. The Hall–Kier alpha value is -0.510. The maximum Gasteiger partial charge on any atom is 0.319 e. The molecule has 1 aliphatic heterocycles. The third-order valence-electron chi connectivity index (χ3n) is 5.83. The second kappa shape index (κ2) is 10.6. The van der Waals surface area contributed by atoms with Gasteiger partial charge in [-0.25, -0.2) is 0 Å². The molecule has 8 unspecified atom stereocenters. The number of nitrogens with two attached hydrogens (primary N) is 1. The predicted molar refractivity (Wildman–Crippen MR) is 114 cm³/mol. The molecule has 31 heavy (non-hydrogen) atoms. The maximum atomic E-state index is 12.8. The summed E-state index contributed by atoms with van der Waals surface area (Å²) in [5.41, 5.74) is 4.84. The minimum absolute atomic E-state index is 0.0266. The summed E-state index contributed by atoms with van der Waals surface area (Å²) in [6.45, 7) is 15.1. The van der Waals surface area contributed by atoms with Gasteiger partial charge in [-0.05, 0) is 47.0 Å². The average Bonchev–Trinajstić information content (AvgIpc) is 3.07. The summed E-state index contributed by atoms with van der Waals surface area (Å²) in [4.78, 5) is 12.8. The first-order valence-corrected chi connectivity index (χ1v) is 12.5. The molecule has 2 rings (SSSR count). The summed E-state index contributed by atoms with van der Waals surface area (Å²) in [6.07, 6.45) is -1.61. The Kier molecular flexibility index (Phi) is 9.15. The van der Waals surface area contributed by atoms with E-state index in [0.717, 1.165) is 0 Å². The second-order valence-electron chi connectivity index (χ2n) is 9.34. The number of rotatable bonds is 11. The van der Waals surface area contributed by atoms with Crippen LogP contribution in [0.4, 0.5) is 0 Å². The summed E-state index contributed by atoms with van der Waals surface area (Å²) in [7, 11) is -4.83. The lowest BCUT2D eigenvalue weighted by atomic mass is 9.97. The van der Waals surface area contributed by atoms with Gasteiger partial charge in [-0.3, -0.25) is 4.57 Å². The first kappa shape index (κ1) is 26.7. The molecule has 1 saturated heterocycles. The van der Waals surface area contributed by atoms with Crippen LogP contribution in [0.5, 0.6) is 0 Å². The van der Waals surface area contributed by atoms with E-state index in [1.54, 1.807) is 0 Å². The van der Waals surface area contributed by atoms with E-state index in [1.807, 2.05) is 41.5 Å². The second-order valence-corrected chi connectivity index (χ2v) is 10.6. The van der Waals surface area contributed by atoms with Crippen molar-refractivity contribution in [3.63, 3.8) is 0 Å². The van der Waals surface area contributed by atoms with Crippen LogP contribution in [-0.2, 0) is 27.8 Å². The zero-order chi connectivity index (χ0) is 23.6. The van der Waals surface area contributed by atoms with Gasteiger partial charge >= 0.3 is 7.82 Å². The van der Waals surface area contributed by atoms with E-state index < -0.39 is 37.7 Å². The number of aliphatic hydroxyl groups is 1. The average molecular weight is 465 g/mol. The molecule has 0 spiro atoms. The molecule has 1 saturated carbocycles. The van der Waals surface area contributed by atoms with Crippen LogP contribution < -0.4 is 10.6 Å². The first-order valence-electron chi connectivity index (χ1n) is 11.0. The summed E-state index contributed by atoms with van der Waals surface area (Å²) in [5.74, 6) is -0.849. The molecule has 1 aliphatic carbocycles. The van der Waals surface area contributed by atoms with Crippen LogP contribution in [0, 0.1) is 11.8 Å². The molecule has 1 heterocycles. The van der Waals surface area contributed by atoms with Gasteiger partial charge in [0.15, 0.2) is 0 Å². The Morgan fingerprint density at radius 2 is 1.94 bits per heavy atom. The van der Waals surface area contributed by atoms with Gasteiger partial charge in [0.2, 0.25) is 0 Å². The summed E-state index contributed by atoms with van der Waals surface area (Å²) < 4.78 is 40.9. The summed E-state index contributed by atoms with van der Waals surface area (Å²) >= 11 is 0. The van der Waals surface area contributed by atoms with E-state index in [2.05, 4.69) is 6.58 Å². The van der Waals surface area contributed by atoms with Crippen LogP contribution in [-0.4, -0.2) is 60.5 Å². The fraction of sp³-hybridized carbons (Fsp3) is 0.905. The first-order chi connectivity index (χ1) is 14.3. The van der Waals surface area contributed by atoms with E-state index >= 15 is 0 Å². The minimum atomic E-state index is -4.83. The molecular weight excluding hydrogens is 425 g/mol. The quantitative estimate of drug-likeness (QED) is 0.348. The van der Waals surface area contributed by atoms with Gasteiger partial charge in [0.25, 0.3) is 0 Å². The van der Waals surface area contributed by atoms with Crippen LogP contribution in [0.1, 0.15) is 54.4 Å². The van der Waals surface area contributed by atoms with Crippen molar-refractivity contribution in [1.29, 1.82) is 0 Å². The Morgan fingerprint density at radius 1 is 1.29 bits per heavy atom. The smallest absolute Gasteiger partial charge is 0.319 e. The van der Waals surface area contributed by atoms with Crippen LogP contribution in [0.2, 0.25) is 0 Å². The molecule has 2 aliphatic rings. The van der Waals surface area contributed by atoms with Gasteiger partial charge < -0.3 is 39.0 Å². The highest BCUT2D eigenvalue weighted by Gasteiger charge is 2.50. The summed E-state index contributed by atoms with van der Waals surface area (Å²) in [5, 5.41) is 10.6. The normalized spacial score (nSPS) is 38.0. The lowest BCUT2D eigenvalue weighted by Gasteiger charge is -2.37. The van der Waals surface area contributed by atoms with Crippen molar-refractivity contribution < 1.29 is 37.8 Å². The highest BCUT2D eigenvalue weighted by Crippen LogP contribution is 2.50. The monoisotopic (exact) mass is 464 g/mol. The van der Waals surface area contributed by atoms with Crippen LogP contribution >= 0.6 is 7.82 Å². The Bertz CT molecular complexity index is 657. The SMILES string of the molecule is C=C(OP(=O)([O-])OC1CC(C)OC1(CN)COC(C)C)C1C(OC(C)C)CC(C)C1O. The number of phosphoric acid groups is 1. The standard InChI is InChI=1S/C21H40NO8P/c1-12(2)26-11-21(10-22)18(9-15(6)28-21)30-31(24,25)29-16(7)19-17(27-13(3)4)8-14(5)20(19)23/h12-15,17-20,23H,7-11,22H2,1-6H3,(H,24,25)/p-1. The number of hydrogen-bond donors (Lipinski definition) is 2. The molecule has 8 atom stereocenters. The Labute approximate surface area is 185 Å². The van der Waals surface area contributed by atoms with E-state index in [4.69, 9.17) is 29.0 Å². The zero-order valence-corrected chi connectivity index (χ0v) is 20.4. The lowest BCUT2D eigenvalue weighted by Crippen LogP contribution is -2.52. The molecule has 2 fully saturated rings. The largest absolute Gasteiger partial charge is 0.746 e. The van der Waals surface area contributed by atoms with Gasteiger partial charge in [0.05, 0.1) is 43.0 Å². The van der Waals surface area contributed by atoms with Gasteiger partial charge in [0, 0.05) is 13.0 Å². The fourth-order valence-electron chi connectivity index (χ4n) is 4.35. The number of aliphatic hydroxyl groups excluding tert-OH is 1. The van der Waals surface area contributed by atoms with Gasteiger partial charge in [-0.1, -0.05) is 13.5 Å². The molecule has 10 heteroatoms. The molecule has 3 N–H and O–H groups in total. The Morgan fingerprint density at radius 3 is 2.48 bits per heavy atom. The van der Waals surface area contributed by atoms with Crippen LogP contribution in [0.15, 0.2) is 12.3 Å². The van der Waals surface area contributed by atoms with Crippen molar-refractivity contribution >= 4 is 7.82 Å². The van der Waals surface area contributed by atoms with Crippen LogP contribution in [0.25, 0.3) is 0 Å². The van der Waals surface area contributed by atoms with Crippen molar-refractivity contribution in [3.05, 3.63) is 12.3 Å². The molecule has 0 aromatic rings. The molecule has 0 bridgehead atoms. The van der Waals surface area contributed by atoms with Gasteiger partial charge in [-0.15, -0.1) is 0 Å². The zero-order valence-electron chi connectivity index (χ0n) is 19.5. The minimum Gasteiger partial charge on any atom is -0.746 e. The van der Waals surface area contributed by atoms with Gasteiger partial charge in [-0.2, -0.15) is 0 Å². The molecule has 0 aromatic heterocycles. The fourth-order valence-corrected chi connectivity index (χ4v) is 5.39. The summed E-state index contributed by atoms with van der Waals surface area (Å²) in [6, 6.07) is 0. The Balaban J connectivity index is 2.11. The van der Waals surface area contributed by atoms with Crippen molar-refractivity contribution in [3.8, 4) is 0 Å². The predicted octanol–water partition coefficient (Wildman–Crippen LogP) is 2.11. The van der Waals surface area contributed by atoms with E-state index in [0.29, 0.717) is 12.8 Å². The van der Waals surface area contributed by atoms with Crippen molar-refractivity contribution in [1.82, 2.24) is 0 Å². The molecular formula is C21H39NO8P-. The molecule has 0 radical (unpaired) electrons. The van der Waals surface area contributed by atoms with Crippen molar-refractivity contribution in [2.75, 3.05) is 13.2 Å². The van der Waals surface area contributed by atoms with E-state index in [1.165, 1.54) is 0 Å². The van der Waals surface area contributed by atoms with Gasteiger partial charge in [0.1, 0.15) is 17.5 Å². The number of ether oxygens (including phenoxy) is 3. The number of hydrogen-bond acceptors (Lipinski definition) is 9. The highest BCUT2D eigenvalue weighted by molar-refractivity contribution is 7.46. The third kappa shape index (κ3) is 6.74. The molecule has 9 nitrogen and oxygen atoms in total.